The minimum Gasteiger partial charge on any atom is -0.333 e. The minimum absolute atomic E-state index is 0.0941. The summed E-state index contributed by atoms with van der Waals surface area (Å²) in [6, 6.07) is 0.0941. The quantitative estimate of drug-likeness (QED) is 0.861. The summed E-state index contributed by atoms with van der Waals surface area (Å²) in [5.41, 5.74) is 7.39. The maximum Gasteiger partial charge on any atom is 0.0948 e. The molecule has 17 heavy (non-hydrogen) atoms. The Morgan fingerprint density at radius 1 is 1.53 bits per heavy atom. The third-order valence-corrected chi connectivity index (χ3v) is 3.75. The Balaban J connectivity index is 2.04. The summed E-state index contributed by atoms with van der Waals surface area (Å²) >= 11 is 0. The molecule has 0 saturated carbocycles. The van der Waals surface area contributed by atoms with Crippen LogP contribution in [-0.2, 0) is 6.54 Å². The summed E-state index contributed by atoms with van der Waals surface area (Å²) in [6.07, 6.45) is 5.13. The van der Waals surface area contributed by atoms with E-state index in [0.29, 0.717) is 5.92 Å². The van der Waals surface area contributed by atoms with Crippen LogP contribution >= 0.6 is 0 Å². The van der Waals surface area contributed by atoms with Crippen molar-refractivity contribution in [3.63, 3.8) is 0 Å². The van der Waals surface area contributed by atoms with Gasteiger partial charge in [0.15, 0.2) is 0 Å². The lowest BCUT2D eigenvalue weighted by atomic mass is 10.0. The van der Waals surface area contributed by atoms with Gasteiger partial charge in [-0.15, -0.1) is 0 Å². The van der Waals surface area contributed by atoms with Crippen LogP contribution < -0.4 is 5.73 Å². The zero-order valence-electron chi connectivity index (χ0n) is 11.1. The molecule has 2 unspecified atom stereocenters. The van der Waals surface area contributed by atoms with Crippen LogP contribution in [0.4, 0.5) is 0 Å². The molecular formula is C13H24N4. The number of likely N-dealkylation sites (tertiary alicyclic amines) is 1. The van der Waals surface area contributed by atoms with E-state index in [1.165, 1.54) is 25.2 Å². The lowest BCUT2D eigenvalue weighted by Crippen LogP contribution is -2.23. The van der Waals surface area contributed by atoms with E-state index in [0.717, 1.165) is 12.5 Å². The van der Waals surface area contributed by atoms with Crippen LogP contribution in [-0.4, -0.2) is 34.6 Å². The highest BCUT2D eigenvalue weighted by molar-refractivity contribution is 5.05. The van der Waals surface area contributed by atoms with E-state index in [4.69, 9.17) is 5.73 Å². The first-order valence-corrected chi connectivity index (χ1v) is 6.52. The van der Waals surface area contributed by atoms with Crippen molar-refractivity contribution in [3.8, 4) is 0 Å². The van der Waals surface area contributed by atoms with Crippen LogP contribution in [0.1, 0.15) is 32.0 Å². The van der Waals surface area contributed by atoms with Crippen LogP contribution in [0.3, 0.4) is 0 Å². The summed E-state index contributed by atoms with van der Waals surface area (Å²) in [5.74, 6) is 1.20. The molecule has 0 aromatic carbocycles. The van der Waals surface area contributed by atoms with Crippen molar-refractivity contribution in [3.05, 3.63) is 18.2 Å². The molecule has 1 aliphatic heterocycles. The Morgan fingerprint density at radius 3 is 2.88 bits per heavy atom. The number of aromatic nitrogens is 2. The summed E-state index contributed by atoms with van der Waals surface area (Å²) in [6.45, 7) is 7.77. The molecule has 0 bridgehead atoms. The molecule has 1 fully saturated rings. The highest BCUT2D eigenvalue weighted by Crippen LogP contribution is 2.22. The zero-order valence-corrected chi connectivity index (χ0v) is 11.1. The maximum absolute atomic E-state index is 6.21. The lowest BCUT2D eigenvalue weighted by molar-refractivity contribution is 0.370. The van der Waals surface area contributed by atoms with Crippen molar-refractivity contribution in [2.24, 2.45) is 17.6 Å². The summed E-state index contributed by atoms with van der Waals surface area (Å²) in [5, 5.41) is 0. The first-order chi connectivity index (χ1) is 8.08. The van der Waals surface area contributed by atoms with Gasteiger partial charge in [0, 0.05) is 25.3 Å². The third kappa shape index (κ3) is 2.87. The molecule has 2 rings (SSSR count). The van der Waals surface area contributed by atoms with Crippen LogP contribution in [0, 0.1) is 11.8 Å². The van der Waals surface area contributed by atoms with Gasteiger partial charge >= 0.3 is 0 Å². The molecule has 2 atom stereocenters. The molecular weight excluding hydrogens is 212 g/mol. The first kappa shape index (κ1) is 12.6. The van der Waals surface area contributed by atoms with E-state index in [-0.39, 0.29) is 6.04 Å². The Labute approximate surface area is 104 Å². The number of imidazole rings is 1. The maximum atomic E-state index is 6.21. The van der Waals surface area contributed by atoms with E-state index in [9.17, 15) is 0 Å². The largest absolute Gasteiger partial charge is 0.333 e. The van der Waals surface area contributed by atoms with Crippen molar-refractivity contribution in [2.75, 3.05) is 20.1 Å². The van der Waals surface area contributed by atoms with Crippen LogP contribution in [0.15, 0.2) is 12.5 Å². The molecule has 1 aromatic rings. The molecule has 4 nitrogen and oxygen atoms in total. The van der Waals surface area contributed by atoms with E-state index >= 15 is 0 Å². The van der Waals surface area contributed by atoms with Gasteiger partial charge < -0.3 is 15.2 Å². The number of nitrogens with zero attached hydrogens (tertiary/aromatic N) is 3. The van der Waals surface area contributed by atoms with Gasteiger partial charge in [0.1, 0.15) is 0 Å². The SMILES string of the molecule is CC(C)C(N)c1cncn1CC1CCN(C)C1. The highest BCUT2D eigenvalue weighted by Gasteiger charge is 2.22. The highest BCUT2D eigenvalue weighted by atomic mass is 15.1. The average molecular weight is 236 g/mol. The Morgan fingerprint density at radius 2 is 2.29 bits per heavy atom. The van der Waals surface area contributed by atoms with E-state index in [1.54, 1.807) is 0 Å². The zero-order chi connectivity index (χ0) is 12.4. The second-order valence-electron chi connectivity index (χ2n) is 5.66. The monoisotopic (exact) mass is 236 g/mol. The number of hydrogen-bond donors (Lipinski definition) is 1. The standard InChI is InChI=1S/C13H24N4/c1-10(2)13(14)12-6-15-9-17(12)8-11-4-5-16(3)7-11/h6,9-11,13H,4-5,7-8,14H2,1-3H3. The van der Waals surface area contributed by atoms with Crippen LogP contribution in [0.2, 0.25) is 0 Å². The van der Waals surface area contributed by atoms with Crippen molar-refractivity contribution in [1.29, 1.82) is 0 Å². The van der Waals surface area contributed by atoms with Crippen molar-refractivity contribution < 1.29 is 0 Å². The van der Waals surface area contributed by atoms with Crippen molar-refractivity contribution >= 4 is 0 Å². The smallest absolute Gasteiger partial charge is 0.0948 e. The van der Waals surface area contributed by atoms with E-state index < -0.39 is 0 Å². The van der Waals surface area contributed by atoms with Gasteiger partial charge in [-0.05, 0) is 31.8 Å². The van der Waals surface area contributed by atoms with Crippen molar-refractivity contribution in [1.82, 2.24) is 14.5 Å². The molecule has 0 amide bonds. The van der Waals surface area contributed by atoms with Crippen LogP contribution in [0.5, 0.6) is 0 Å². The van der Waals surface area contributed by atoms with Gasteiger partial charge in [0.2, 0.25) is 0 Å². The van der Waals surface area contributed by atoms with E-state index in [2.05, 4.69) is 35.3 Å². The fourth-order valence-corrected chi connectivity index (χ4v) is 2.56. The fourth-order valence-electron chi connectivity index (χ4n) is 2.56. The topological polar surface area (TPSA) is 47.1 Å². The predicted octanol–water partition coefficient (Wildman–Crippen LogP) is 1.49. The molecule has 2 N–H and O–H groups in total. The third-order valence-electron chi connectivity index (χ3n) is 3.75. The molecule has 96 valence electrons. The number of hydrogen-bond acceptors (Lipinski definition) is 3. The van der Waals surface area contributed by atoms with Gasteiger partial charge in [-0.3, -0.25) is 0 Å². The molecule has 0 radical (unpaired) electrons. The summed E-state index contributed by atoms with van der Waals surface area (Å²) in [7, 11) is 2.19. The van der Waals surface area contributed by atoms with Crippen molar-refractivity contribution in [2.45, 2.75) is 32.9 Å². The fraction of sp³-hybridized carbons (Fsp3) is 0.769. The summed E-state index contributed by atoms with van der Waals surface area (Å²) in [4.78, 5) is 6.65. The van der Waals surface area contributed by atoms with Gasteiger partial charge in [-0.2, -0.15) is 0 Å². The van der Waals surface area contributed by atoms with Gasteiger partial charge in [0.05, 0.1) is 12.0 Å². The first-order valence-electron chi connectivity index (χ1n) is 6.52. The molecule has 4 heteroatoms. The normalized spacial score (nSPS) is 23.5. The molecule has 0 spiro atoms. The minimum atomic E-state index is 0.0941. The van der Waals surface area contributed by atoms with Gasteiger partial charge in [0.25, 0.3) is 0 Å². The Hall–Kier alpha value is -0.870. The molecule has 1 aliphatic rings. The number of rotatable bonds is 4. The molecule has 1 aromatic heterocycles. The molecule has 0 aliphatic carbocycles. The molecule has 2 heterocycles. The van der Waals surface area contributed by atoms with E-state index in [1.807, 2.05) is 12.5 Å². The van der Waals surface area contributed by atoms with Gasteiger partial charge in [-0.1, -0.05) is 13.8 Å². The average Bonchev–Trinajstić information content (AvgIpc) is 2.87. The second kappa shape index (κ2) is 5.19. The molecule has 1 saturated heterocycles. The number of nitrogens with two attached hydrogens (primary N) is 1. The Bertz CT molecular complexity index is 358. The predicted molar refractivity (Wildman–Crippen MR) is 69.6 cm³/mol. The Kier molecular flexibility index (Phi) is 3.84. The summed E-state index contributed by atoms with van der Waals surface area (Å²) < 4.78 is 2.24. The lowest BCUT2D eigenvalue weighted by Gasteiger charge is -2.19. The van der Waals surface area contributed by atoms with Gasteiger partial charge in [-0.25, -0.2) is 4.98 Å². The second-order valence-corrected chi connectivity index (χ2v) is 5.66. The van der Waals surface area contributed by atoms with Crippen LogP contribution in [0.25, 0.3) is 0 Å².